The summed E-state index contributed by atoms with van der Waals surface area (Å²) >= 11 is 5.96. The molecule has 0 aliphatic carbocycles. The Morgan fingerprint density at radius 3 is 2.81 bits per heavy atom. The van der Waals surface area contributed by atoms with Crippen LogP contribution in [0, 0.1) is 18.3 Å². The lowest BCUT2D eigenvalue weighted by Crippen LogP contribution is -2.05. The van der Waals surface area contributed by atoms with E-state index in [0.29, 0.717) is 34.0 Å². The number of pyridine rings is 1. The lowest BCUT2D eigenvalue weighted by atomic mass is 10.1. The molecule has 0 saturated carbocycles. The van der Waals surface area contributed by atoms with Crippen LogP contribution in [0.15, 0.2) is 24.4 Å². The van der Waals surface area contributed by atoms with Gasteiger partial charge in [0.05, 0.1) is 22.9 Å². The molecule has 2 aromatic rings. The minimum Gasteiger partial charge on any atom is -0.506 e. The molecule has 0 atom stereocenters. The first-order valence-corrected chi connectivity index (χ1v) is 6.65. The van der Waals surface area contributed by atoms with Crippen molar-refractivity contribution in [1.29, 1.82) is 5.26 Å². The van der Waals surface area contributed by atoms with Crippen LogP contribution in [0.2, 0.25) is 5.02 Å². The summed E-state index contributed by atoms with van der Waals surface area (Å²) in [6.07, 6.45) is 1.54. The van der Waals surface area contributed by atoms with Crippen LogP contribution in [0.1, 0.15) is 22.4 Å². The van der Waals surface area contributed by atoms with E-state index in [-0.39, 0.29) is 12.4 Å². The van der Waals surface area contributed by atoms with Crippen molar-refractivity contribution in [3.63, 3.8) is 0 Å². The second kappa shape index (κ2) is 6.44. The van der Waals surface area contributed by atoms with E-state index in [2.05, 4.69) is 10.3 Å². The summed E-state index contributed by atoms with van der Waals surface area (Å²) in [5.41, 5.74) is 2.77. The minimum absolute atomic E-state index is 0.0637. The number of nitrogens with zero attached hydrogens (tertiary/aromatic N) is 2. The molecule has 0 aliphatic rings. The van der Waals surface area contributed by atoms with Crippen LogP contribution in [-0.2, 0) is 13.2 Å². The first kappa shape index (κ1) is 15.1. The lowest BCUT2D eigenvalue weighted by Gasteiger charge is -2.13. The van der Waals surface area contributed by atoms with Crippen LogP contribution in [-0.4, -0.2) is 15.2 Å². The van der Waals surface area contributed by atoms with Crippen molar-refractivity contribution in [2.75, 3.05) is 5.32 Å². The van der Waals surface area contributed by atoms with E-state index < -0.39 is 0 Å². The van der Waals surface area contributed by atoms with Gasteiger partial charge in [-0.2, -0.15) is 5.26 Å². The molecular formula is C15H14ClN3O2. The van der Waals surface area contributed by atoms with Crippen molar-refractivity contribution >= 4 is 17.3 Å². The molecule has 108 valence electrons. The van der Waals surface area contributed by atoms with E-state index in [4.69, 9.17) is 16.9 Å². The third-order valence-electron chi connectivity index (χ3n) is 3.16. The Balaban J connectivity index is 2.22. The van der Waals surface area contributed by atoms with Gasteiger partial charge in [0.1, 0.15) is 11.8 Å². The summed E-state index contributed by atoms with van der Waals surface area (Å²) in [5.74, 6) is 0.0637. The third kappa shape index (κ3) is 3.24. The van der Waals surface area contributed by atoms with Crippen molar-refractivity contribution in [2.45, 2.75) is 20.1 Å². The van der Waals surface area contributed by atoms with Gasteiger partial charge in [0.2, 0.25) is 0 Å². The van der Waals surface area contributed by atoms with Crippen molar-refractivity contribution in [3.8, 4) is 11.8 Å². The second-order valence-electron chi connectivity index (χ2n) is 4.51. The quantitative estimate of drug-likeness (QED) is 0.808. The van der Waals surface area contributed by atoms with E-state index in [1.807, 2.05) is 6.07 Å². The number of aryl methyl sites for hydroxylation is 1. The summed E-state index contributed by atoms with van der Waals surface area (Å²) in [7, 11) is 0. The smallest absolute Gasteiger partial charge is 0.142 e. The van der Waals surface area contributed by atoms with Crippen LogP contribution in [0.5, 0.6) is 5.75 Å². The Morgan fingerprint density at radius 2 is 2.19 bits per heavy atom. The summed E-state index contributed by atoms with van der Waals surface area (Å²) in [6.45, 7) is 1.80. The van der Waals surface area contributed by atoms with Gasteiger partial charge in [-0.1, -0.05) is 11.6 Å². The number of halogens is 1. The van der Waals surface area contributed by atoms with Gasteiger partial charge in [0.25, 0.3) is 0 Å². The predicted molar refractivity (Wildman–Crippen MR) is 80.1 cm³/mol. The molecule has 1 aromatic carbocycles. The zero-order chi connectivity index (χ0) is 15.4. The maximum absolute atomic E-state index is 10.0. The molecule has 6 heteroatoms. The topological polar surface area (TPSA) is 89.2 Å². The van der Waals surface area contributed by atoms with Crippen molar-refractivity contribution in [3.05, 3.63) is 51.8 Å². The Bertz CT molecular complexity index is 711. The predicted octanol–water partition coefficient (Wildman–Crippen LogP) is 2.73. The molecule has 0 bridgehead atoms. The number of rotatable bonds is 4. The largest absolute Gasteiger partial charge is 0.506 e. The van der Waals surface area contributed by atoms with E-state index in [0.717, 1.165) is 5.69 Å². The molecule has 3 N–H and O–H groups in total. The highest BCUT2D eigenvalue weighted by atomic mass is 35.5. The molecule has 0 aliphatic heterocycles. The molecular weight excluding hydrogens is 290 g/mol. The maximum atomic E-state index is 10.0. The highest BCUT2D eigenvalue weighted by Crippen LogP contribution is 2.26. The van der Waals surface area contributed by atoms with Gasteiger partial charge < -0.3 is 15.5 Å². The fourth-order valence-electron chi connectivity index (χ4n) is 1.92. The number of hydrogen-bond donors (Lipinski definition) is 3. The number of benzene rings is 1. The van der Waals surface area contributed by atoms with Crippen LogP contribution in [0.3, 0.4) is 0 Å². The Kier molecular flexibility index (Phi) is 4.63. The fourth-order valence-corrected chi connectivity index (χ4v) is 2.15. The normalized spacial score (nSPS) is 10.2. The highest BCUT2D eigenvalue weighted by Gasteiger charge is 2.11. The molecule has 1 aromatic heterocycles. The van der Waals surface area contributed by atoms with Crippen LogP contribution >= 0.6 is 11.6 Å². The lowest BCUT2D eigenvalue weighted by molar-refractivity contribution is 0.279. The average Bonchev–Trinajstić information content (AvgIpc) is 2.49. The molecule has 2 rings (SSSR count). The van der Waals surface area contributed by atoms with Crippen molar-refractivity contribution in [1.82, 2.24) is 4.98 Å². The molecule has 0 spiro atoms. The number of aliphatic hydroxyl groups excluding tert-OH is 1. The SMILES string of the molecule is Cc1ncc(CO)c(CNc2ccc(C#N)c(Cl)c2)c1O. The van der Waals surface area contributed by atoms with Gasteiger partial charge in [0.15, 0.2) is 0 Å². The van der Waals surface area contributed by atoms with Crippen LogP contribution in [0.25, 0.3) is 0 Å². The summed E-state index contributed by atoms with van der Waals surface area (Å²) in [4.78, 5) is 4.01. The third-order valence-corrected chi connectivity index (χ3v) is 3.47. The minimum atomic E-state index is -0.202. The molecule has 1 heterocycles. The standard InChI is InChI=1S/C15H14ClN3O2/c1-9-15(21)13(11(8-20)6-18-9)7-19-12-3-2-10(5-17)14(16)4-12/h2-4,6,19-21H,7-8H2,1H3. The molecule has 0 radical (unpaired) electrons. The zero-order valence-electron chi connectivity index (χ0n) is 11.4. The summed E-state index contributed by atoms with van der Waals surface area (Å²) in [6, 6.07) is 6.98. The number of hydrogen-bond acceptors (Lipinski definition) is 5. The number of aliphatic hydroxyl groups is 1. The van der Waals surface area contributed by atoms with Crippen LogP contribution in [0.4, 0.5) is 5.69 Å². The van der Waals surface area contributed by atoms with Crippen LogP contribution < -0.4 is 5.32 Å². The van der Waals surface area contributed by atoms with Gasteiger partial charge >= 0.3 is 0 Å². The average molecular weight is 304 g/mol. The molecule has 21 heavy (non-hydrogen) atoms. The molecule has 0 saturated heterocycles. The summed E-state index contributed by atoms with van der Waals surface area (Å²) < 4.78 is 0. The van der Waals surface area contributed by atoms with Gasteiger partial charge in [0, 0.05) is 29.6 Å². The first-order valence-electron chi connectivity index (χ1n) is 6.27. The number of nitrogens with one attached hydrogen (secondary N) is 1. The first-order chi connectivity index (χ1) is 10.1. The number of nitriles is 1. The zero-order valence-corrected chi connectivity index (χ0v) is 12.1. The van der Waals surface area contributed by atoms with Gasteiger partial charge in [-0.3, -0.25) is 4.98 Å². The molecule has 0 fully saturated rings. The van der Waals surface area contributed by atoms with Crippen molar-refractivity contribution in [2.24, 2.45) is 0 Å². The molecule has 0 unspecified atom stereocenters. The highest BCUT2D eigenvalue weighted by molar-refractivity contribution is 6.32. The van der Waals surface area contributed by atoms with E-state index in [9.17, 15) is 10.2 Å². The number of anilines is 1. The number of aromatic hydroxyl groups is 1. The Labute approximate surface area is 127 Å². The van der Waals surface area contributed by atoms with Crippen molar-refractivity contribution < 1.29 is 10.2 Å². The van der Waals surface area contributed by atoms with E-state index >= 15 is 0 Å². The van der Waals surface area contributed by atoms with E-state index in [1.165, 1.54) is 6.20 Å². The van der Waals surface area contributed by atoms with Gasteiger partial charge in [-0.15, -0.1) is 0 Å². The molecule has 5 nitrogen and oxygen atoms in total. The maximum Gasteiger partial charge on any atom is 0.142 e. The fraction of sp³-hybridized carbons (Fsp3) is 0.200. The number of aromatic nitrogens is 1. The molecule has 0 amide bonds. The Hall–Kier alpha value is -2.29. The summed E-state index contributed by atoms with van der Waals surface area (Å²) in [5, 5.41) is 31.6. The van der Waals surface area contributed by atoms with Gasteiger partial charge in [-0.25, -0.2) is 0 Å². The monoisotopic (exact) mass is 303 g/mol. The Morgan fingerprint density at radius 1 is 1.43 bits per heavy atom. The van der Waals surface area contributed by atoms with Gasteiger partial charge in [-0.05, 0) is 25.1 Å². The van der Waals surface area contributed by atoms with E-state index in [1.54, 1.807) is 25.1 Å². The second-order valence-corrected chi connectivity index (χ2v) is 4.92.